The number of carbonyl (C=O) groups excluding carboxylic acids is 1. The Bertz CT molecular complexity index is 407. The molecule has 0 unspecified atom stereocenters. The Morgan fingerprint density at radius 3 is 2.67 bits per heavy atom. The molecule has 98 valence electrons. The minimum atomic E-state index is -1.08. The molecule has 1 aromatic heterocycles. The van der Waals surface area contributed by atoms with Crippen molar-refractivity contribution in [1.29, 1.82) is 0 Å². The van der Waals surface area contributed by atoms with Gasteiger partial charge < -0.3 is 14.4 Å². The molecule has 1 saturated carbocycles. The average molecular weight is 251 g/mol. The molecule has 0 radical (unpaired) electrons. The normalized spacial score (nSPS) is 15.8. The van der Waals surface area contributed by atoms with Gasteiger partial charge in [0.15, 0.2) is 0 Å². The molecule has 5 heteroatoms. The van der Waals surface area contributed by atoms with Gasteiger partial charge in [0.2, 0.25) is 5.91 Å². The highest BCUT2D eigenvalue weighted by Gasteiger charge is 2.28. The number of aliphatic carboxylic acids is 1. The van der Waals surface area contributed by atoms with E-state index in [1.54, 1.807) is 23.3 Å². The van der Waals surface area contributed by atoms with Gasteiger partial charge in [0.1, 0.15) is 12.2 Å². The highest BCUT2D eigenvalue weighted by atomic mass is 16.4. The summed E-state index contributed by atoms with van der Waals surface area (Å²) in [6.45, 7) is 0.365. The van der Waals surface area contributed by atoms with Gasteiger partial charge in [-0.2, -0.15) is 0 Å². The molecule has 5 nitrogen and oxygen atoms in total. The van der Waals surface area contributed by atoms with E-state index in [0.717, 1.165) is 25.7 Å². The summed E-state index contributed by atoms with van der Waals surface area (Å²) in [5.74, 6) is -0.714. The molecule has 1 N–H and O–H groups in total. The van der Waals surface area contributed by atoms with E-state index in [-0.39, 0.29) is 11.9 Å². The van der Waals surface area contributed by atoms with Crippen LogP contribution in [0.1, 0.15) is 37.9 Å². The van der Waals surface area contributed by atoms with Crippen LogP contribution < -0.4 is 0 Å². The summed E-state index contributed by atoms with van der Waals surface area (Å²) in [6.07, 6.45) is 5.21. The largest absolute Gasteiger partial charge is 0.481 e. The zero-order valence-corrected chi connectivity index (χ0v) is 10.2. The molecule has 1 amide bonds. The van der Waals surface area contributed by atoms with Gasteiger partial charge in [-0.1, -0.05) is 12.8 Å². The zero-order chi connectivity index (χ0) is 13.0. The fraction of sp³-hybridized carbons (Fsp3) is 0.538. The maximum Gasteiger partial charge on any atom is 0.312 e. The maximum absolute atomic E-state index is 12.0. The van der Waals surface area contributed by atoms with Crippen molar-refractivity contribution in [2.45, 2.75) is 44.7 Å². The number of nitrogens with zero attached hydrogens (tertiary/aromatic N) is 1. The van der Waals surface area contributed by atoms with Crippen LogP contribution in [-0.2, 0) is 16.1 Å². The third-order valence-electron chi connectivity index (χ3n) is 3.29. The van der Waals surface area contributed by atoms with Crippen LogP contribution in [0.2, 0.25) is 0 Å². The van der Waals surface area contributed by atoms with Crippen LogP contribution in [0.4, 0.5) is 0 Å². The number of carboxylic acids is 1. The number of hydrogen-bond donors (Lipinski definition) is 1. The SMILES string of the molecule is O=C(O)CC(=O)N(Cc1ccco1)C1CCCC1. The summed E-state index contributed by atoms with van der Waals surface area (Å²) in [5.41, 5.74) is 0. The van der Waals surface area contributed by atoms with Crippen molar-refractivity contribution in [2.24, 2.45) is 0 Å². The van der Waals surface area contributed by atoms with E-state index >= 15 is 0 Å². The van der Waals surface area contributed by atoms with Gasteiger partial charge in [0, 0.05) is 6.04 Å². The molecule has 0 atom stereocenters. The molecule has 0 aromatic carbocycles. The third kappa shape index (κ3) is 3.12. The van der Waals surface area contributed by atoms with Crippen molar-refractivity contribution in [3.63, 3.8) is 0 Å². The number of hydrogen-bond acceptors (Lipinski definition) is 3. The lowest BCUT2D eigenvalue weighted by Gasteiger charge is -2.27. The molecule has 0 aliphatic heterocycles. The zero-order valence-electron chi connectivity index (χ0n) is 10.2. The lowest BCUT2D eigenvalue weighted by Crippen LogP contribution is -2.39. The molecule has 1 aromatic rings. The lowest BCUT2D eigenvalue weighted by atomic mass is 10.2. The van der Waals surface area contributed by atoms with E-state index in [2.05, 4.69) is 0 Å². The first-order valence-electron chi connectivity index (χ1n) is 6.20. The van der Waals surface area contributed by atoms with E-state index in [1.807, 2.05) is 0 Å². The lowest BCUT2D eigenvalue weighted by molar-refractivity contribution is -0.145. The van der Waals surface area contributed by atoms with Crippen molar-refractivity contribution in [3.8, 4) is 0 Å². The van der Waals surface area contributed by atoms with Crippen LogP contribution in [0.3, 0.4) is 0 Å². The molecule has 1 fully saturated rings. The molecule has 1 heterocycles. The summed E-state index contributed by atoms with van der Waals surface area (Å²) >= 11 is 0. The Hall–Kier alpha value is -1.78. The summed E-state index contributed by atoms with van der Waals surface area (Å²) in [4.78, 5) is 24.3. The van der Waals surface area contributed by atoms with Gasteiger partial charge in [-0.3, -0.25) is 9.59 Å². The smallest absolute Gasteiger partial charge is 0.312 e. The van der Waals surface area contributed by atoms with Crippen LogP contribution in [0.15, 0.2) is 22.8 Å². The van der Waals surface area contributed by atoms with Crippen LogP contribution in [0, 0.1) is 0 Å². The Morgan fingerprint density at radius 1 is 1.39 bits per heavy atom. The Morgan fingerprint density at radius 2 is 2.11 bits per heavy atom. The van der Waals surface area contributed by atoms with Crippen LogP contribution in [0.5, 0.6) is 0 Å². The summed E-state index contributed by atoms with van der Waals surface area (Å²) < 4.78 is 5.24. The van der Waals surface area contributed by atoms with Crippen molar-refractivity contribution < 1.29 is 19.1 Å². The molecular weight excluding hydrogens is 234 g/mol. The molecule has 0 saturated heterocycles. The highest BCUT2D eigenvalue weighted by Crippen LogP contribution is 2.25. The molecule has 1 aliphatic rings. The van der Waals surface area contributed by atoms with Gasteiger partial charge in [0.25, 0.3) is 0 Å². The fourth-order valence-corrected chi connectivity index (χ4v) is 2.44. The van der Waals surface area contributed by atoms with Gasteiger partial charge in [-0.05, 0) is 25.0 Å². The van der Waals surface area contributed by atoms with Gasteiger partial charge >= 0.3 is 5.97 Å². The van der Waals surface area contributed by atoms with Crippen molar-refractivity contribution in [2.75, 3.05) is 0 Å². The van der Waals surface area contributed by atoms with Crippen LogP contribution in [-0.4, -0.2) is 27.9 Å². The van der Waals surface area contributed by atoms with Crippen molar-refractivity contribution in [3.05, 3.63) is 24.2 Å². The quantitative estimate of drug-likeness (QED) is 0.813. The third-order valence-corrected chi connectivity index (χ3v) is 3.29. The topological polar surface area (TPSA) is 70.8 Å². The molecule has 1 aliphatic carbocycles. The number of furan rings is 1. The second-order valence-corrected chi connectivity index (χ2v) is 4.61. The minimum absolute atomic E-state index is 0.155. The van der Waals surface area contributed by atoms with E-state index in [4.69, 9.17) is 9.52 Å². The molecule has 0 spiro atoms. The van der Waals surface area contributed by atoms with Crippen molar-refractivity contribution >= 4 is 11.9 Å². The number of amides is 1. The molecule has 18 heavy (non-hydrogen) atoms. The van der Waals surface area contributed by atoms with E-state index < -0.39 is 12.4 Å². The fourth-order valence-electron chi connectivity index (χ4n) is 2.44. The van der Waals surface area contributed by atoms with E-state index in [0.29, 0.717) is 12.3 Å². The summed E-state index contributed by atoms with van der Waals surface area (Å²) in [7, 11) is 0. The van der Waals surface area contributed by atoms with Crippen LogP contribution in [0.25, 0.3) is 0 Å². The first kappa shape index (κ1) is 12.7. The summed E-state index contributed by atoms with van der Waals surface area (Å²) in [5, 5.41) is 8.73. The van der Waals surface area contributed by atoms with Gasteiger partial charge in [-0.15, -0.1) is 0 Å². The second kappa shape index (κ2) is 5.71. The van der Waals surface area contributed by atoms with Gasteiger partial charge in [0.05, 0.1) is 12.8 Å². The minimum Gasteiger partial charge on any atom is -0.481 e. The Balaban J connectivity index is 2.06. The Labute approximate surface area is 105 Å². The van der Waals surface area contributed by atoms with Crippen LogP contribution >= 0.6 is 0 Å². The van der Waals surface area contributed by atoms with E-state index in [9.17, 15) is 9.59 Å². The Kier molecular flexibility index (Phi) is 4.02. The molecule has 0 bridgehead atoms. The summed E-state index contributed by atoms with van der Waals surface area (Å²) in [6, 6.07) is 3.72. The second-order valence-electron chi connectivity index (χ2n) is 4.61. The van der Waals surface area contributed by atoms with Gasteiger partial charge in [-0.25, -0.2) is 0 Å². The van der Waals surface area contributed by atoms with Crippen molar-refractivity contribution in [1.82, 2.24) is 4.90 Å². The number of carbonyl (C=O) groups is 2. The molecular formula is C13H17NO4. The van der Waals surface area contributed by atoms with E-state index in [1.165, 1.54) is 0 Å². The first-order valence-corrected chi connectivity index (χ1v) is 6.20. The standard InChI is InChI=1S/C13H17NO4/c15-12(8-13(16)17)14(10-4-1-2-5-10)9-11-6-3-7-18-11/h3,6-7,10H,1-2,4-5,8-9H2,(H,16,17). The number of rotatable bonds is 5. The molecule has 2 rings (SSSR count). The average Bonchev–Trinajstić information content (AvgIpc) is 2.98. The first-order chi connectivity index (χ1) is 8.66. The predicted molar refractivity (Wildman–Crippen MR) is 63.8 cm³/mol. The number of carboxylic acid groups (broad SMARTS) is 1. The maximum atomic E-state index is 12.0. The predicted octanol–water partition coefficient (Wildman–Crippen LogP) is 2.03. The highest BCUT2D eigenvalue weighted by molar-refractivity contribution is 5.93. The monoisotopic (exact) mass is 251 g/mol.